The first-order valence-corrected chi connectivity index (χ1v) is 6.29. The van der Waals surface area contributed by atoms with Gasteiger partial charge in [-0.05, 0) is 43.3 Å². The molecular formula is C15H14F2N2O2. The number of nitrogens with zero attached hydrogens (tertiary/aromatic N) is 1. The van der Waals surface area contributed by atoms with Crippen LogP contribution in [-0.2, 0) is 0 Å². The smallest absolute Gasteiger partial charge is 0.337 e. The zero-order valence-corrected chi connectivity index (χ0v) is 11.3. The summed E-state index contributed by atoms with van der Waals surface area (Å²) in [5.41, 5.74) is 5.82. The number of hydrogen-bond donors (Lipinski definition) is 2. The maximum atomic E-state index is 14.1. The molecule has 6 heteroatoms. The third-order valence-corrected chi connectivity index (χ3v) is 3.09. The van der Waals surface area contributed by atoms with Gasteiger partial charge in [0.15, 0.2) is 0 Å². The van der Waals surface area contributed by atoms with Crippen LogP contribution in [0.3, 0.4) is 0 Å². The van der Waals surface area contributed by atoms with Crippen LogP contribution in [0.1, 0.15) is 17.3 Å². The van der Waals surface area contributed by atoms with Crippen molar-refractivity contribution in [2.45, 2.75) is 6.92 Å². The fourth-order valence-electron chi connectivity index (χ4n) is 2.08. The number of halogens is 2. The molecule has 0 aliphatic rings. The lowest BCUT2D eigenvalue weighted by Gasteiger charge is -2.24. The summed E-state index contributed by atoms with van der Waals surface area (Å²) >= 11 is 0. The number of carbonyl (C=O) groups is 1. The number of carboxylic acid groups (broad SMARTS) is 1. The number of aromatic carboxylic acids is 1. The second kappa shape index (κ2) is 5.78. The molecule has 0 radical (unpaired) electrons. The summed E-state index contributed by atoms with van der Waals surface area (Å²) in [6.07, 6.45) is 0. The minimum absolute atomic E-state index is 0.0794. The Morgan fingerprint density at radius 1 is 1.24 bits per heavy atom. The van der Waals surface area contributed by atoms with Crippen molar-refractivity contribution < 1.29 is 18.7 Å². The maximum Gasteiger partial charge on any atom is 0.337 e. The van der Waals surface area contributed by atoms with Crippen LogP contribution in [0.4, 0.5) is 25.8 Å². The first kappa shape index (κ1) is 14.8. The van der Waals surface area contributed by atoms with Gasteiger partial charge in [0, 0.05) is 17.9 Å². The summed E-state index contributed by atoms with van der Waals surface area (Å²) in [4.78, 5) is 12.6. The standard InChI is InChI=1S/C15H14F2N2O2/c1-2-19(10-5-3-9(16)4-6-10)14-7-11(15(20)21)13(18)8-12(14)17/h3-8H,2,18H2,1H3,(H,20,21). The van der Waals surface area contributed by atoms with Gasteiger partial charge < -0.3 is 15.7 Å². The molecule has 2 rings (SSSR count). The van der Waals surface area contributed by atoms with E-state index in [2.05, 4.69) is 0 Å². The van der Waals surface area contributed by atoms with E-state index in [9.17, 15) is 13.6 Å². The van der Waals surface area contributed by atoms with E-state index in [1.807, 2.05) is 0 Å². The average molecular weight is 292 g/mol. The largest absolute Gasteiger partial charge is 0.478 e. The Balaban J connectivity index is 2.54. The fourth-order valence-corrected chi connectivity index (χ4v) is 2.08. The molecule has 21 heavy (non-hydrogen) atoms. The number of rotatable bonds is 4. The van der Waals surface area contributed by atoms with Crippen LogP contribution in [-0.4, -0.2) is 17.6 Å². The topological polar surface area (TPSA) is 66.6 Å². The van der Waals surface area contributed by atoms with Gasteiger partial charge in [-0.2, -0.15) is 0 Å². The minimum Gasteiger partial charge on any atom is -0.478 e. The van der Waals surface area contributed by atoms with Crippen molar-refractivity contribution in [1.29, 1.82) is 0 Å². The molecule has 0 saturated heterocycles. The Hall–Kier alpha value is -2.63. The van der Waals surface area contributed by atoms with Crippen LogP contribution in [0.25, 0.3) is 0 Å². The number of nitrogens with two attached hydrogens (primary N) is 1. The van der Waals surface area contributed by atoms with Crippen LogP contribution in [0.5, 0.6) is 0 Å². The molecule has 0 atom stereocenters. The van der Waals surface area contributed by atoms with Crippen molar-refractivity contribution in [2.75, 3.05) is 17.2 Å². The molecular weight excluding hydrogens is 278 g/mol. The van der Waals surface area contributed by atoms with Gasteiger partial charge in [-0.1, -0.05) is 0 Å². The highest BCUT2D eigenvalue weighted by Gasteiger charge is 2.18. The first-order chi connectivity index (χ1) is 9.93. The van der Waals surface area contributed by atoms with Crippen molar-refractivity contribution in [3.05, 3.63) is 53.6 Å². The normalized spacial score (nSPS) is 10.4. The maximum absolute atomic E-state index is 14.1. The zero-order chi connectivity index (χ0) is 15.6. The summed E-state index contributed by atoms with van der Waals surface area (Å²) in [5.74, 6) is -2.27. The lowest BCUT2D eigenvalue weighted by Crippen LogP contribution is -2.18. The molecule has 3 N–H and O–H groups in total. The molecule has 2 aromatic carbocycles. The molecule has 0 spiro atoms. The zero-order valence-electron chi connectivity index (χ0n) is 11.3. The van der Waals surface area contributed by atoms with E-state index in [-0.39, 0.29) is 16.9 Å². The predicted molar refractivity (Wildman–Crippen MR) is 76.9 cm³/mol. The van der Waals surface area contributed by atoms with Crippen molar-refractivity contribution in [1.82, 2.24) is 0 Å². The second-order valence-corrected chi connectivity index (χ2v) is 4.42. The van der Waals surface area contributed by atoms with E-state index in [1.165, 1.54) is 30.3 Å². The predicted octanol–water partition coefficient (Wildman–Crippen LogP) is 3.40. The lowest BCUT2D eigenvalue weighted by atomic mass is 10.1. The van der Waals surface area contributed by atoms with Gasteiger partial charge in [0.25, 0.3) is 0 Å². The Bertz CT molecular complexity index is 672. The highest BCUT2D eigenvalue weighted by Crippen LogP contribution is 2.31. The average Bonchev–Trinajstić information content (AvgIpc) is 2.43. The monoisotopic (exact) mass is 292 g/mol. The van der Waals surface area contributed by atoms with Gasteiger partial charge in [0.1, 0.15) is 11.6 Å². The molecule has 0 aliphatic carbocycles. The molecule has 0 amide bonds. The minimum atomic E-state index is -1.23. The van der Waals surface area contributed by atoms with E-state index >= 15 is 0 Å². The van der Waals surface area contributed by atoms with Gasteiger partial charge >= 0.3 is 5.97 Å². The third kappa shape index (κ3) is 2.94. The van der Waals surface area contributed by atoms with E-state index in [4.69, 9.17) is 10.8 Å². The van der Waals surface area contributed by atoms with Crippen LogP contribution < -0.4 is 10.6 Å². The lowest BCUT2D eigenvalue weighted by molar-refractivity contribution is 0.0698. The Labute approximate surface area is 120 Å². The van der Waals surface area contributed by atoms with Crippen molar-refractivity contribution in [3.63, 3.8) is 0 Å². The quantitative estimate of drug-likeness (QED) is 0.848. The Kier molecular flexibility index (Phi) is 4.07. The molecule has 0 heterocycles. The summed E-state index contributed by atoms with van der Waals surface area (Å²) in [7, 11) is 0. The number of anilines is 3. The number of benzene rings is 2. The molecule has 2 aromatic rings. The molecule has 0 aliphatic heterocycles. The second-order valence-electron chi connectivity index (χ2n) is 4.42. The van der Waals surface area contributed by atoms with E-state index in [1.54, 1.807) is 11.8 Å². The molecule has 0 fully saturated rings. The molecule has 0 saturated carbocycles. The van der Waals surface area contributed by atoms with E-state index < -0.39 is 17.6 Å². The van der Waals surface area contributed by atoms with Crippen molar-refractivity contribution >= 4 is 23.0 Å². The first-order valence-electron chi connectivity index (χ1n) is 6.29. The SMILES string of the molecule is CCN(c1ccc(F)cc1)c1cc(C(=O)O)c(N)cc1F. The number of nitrogen functional groups attached to an aromatic ring is 1. The number of hydrogen-bond acceptors (Lipinski definition) is 3. The van der Waals surface area contributed by atoms with Gasteiger partial charge in [-0.3, -0.25) is 0 Å². The Morgan fingerprint density at radius 2 is 1.86 bits per heavy atom. The van der Waals surface area contributed by atoms with Crippen LogP contribution in [0.2, 0.25) is 0 Å². The summed E-state index contributed by atoms with van der Waals surface area (Å²) in [6.45, 7) is 2.16. The van der Waals surface area contributed by atoms with Crippen molar-refractivity contribution in [3.8, 4) is 0 Å². The summed E-state index contributed by atoms with van der Waals surface area (Å²) < 4.78 is 27.1. The van der Waals surface area contributed by atoms with Gasteiger partial charge in [0.05, 0.1) is 11.3 Å². The third-order valence-electron chi connectivity index (χ3n) is 3.09. The molecule has 110 valence electrons. The van der Waals surface area contributed by atoms with Gasteiger partial charge in [-0.15, -0.1) is 0 Å². The number of carboxylic acids is 1. The summed E-state index contributed by atoms with van der Waals surface area (Å²) in [5, 5.41) is 9.07. The molecule has 0 bridgehead atoms. The van der Waals surface area contributed by atoms with E-state index in [0.29, 0.717) is 12.2 Å². The molecule has 0 aromatic heterocycles. The fraction of sp³-hybridized carbons (Fsp3) is 0.133. The van der Waals surface area contributed by atoms with Crippen LogP contribution in [0.15, 0.2) is 36.4 Å². The molecule has 0 unspecified atom stereocenters. The highest BCUT2D eigenvalue weighted by molar-refractivity contribution is 5.95. The van der Waals surface area contributed by atoms with Crippen LogP contribution in [0, 0.1) is 11.6 Å². The summed E-state index contributed by atoms with van der Waals surface area (Å²) in [6, 6.07) is 7.66. The highest BCUT2D eigenvalue weighted by atomic mass is 19.1. The van der Waals surface area contributed by atoms with Gasteiger partial charge in [0.2, 0.25) is 0 Å². The van der Waals surface area contributed by atoms with Crippen molar-refractivity contribution in [2.24, 2.45) is 0 Å². The van der Waals surface area contributed by atoms with Gasteiger partial charge in [-0.25, -0.2) is 13.6 Å². The molecule has 4 nitrogen and oxygen atoms in total. The Morgan fingerprint density at radius 3 is 2.38 bits per heavy atom. The van der Waals surface area contributed by atoms with Crippen LogP contribution >= 0.6 is 0 Å². The van der Waals surface area contributed by atoms with E-state index in [0.717, 1.165) is 6.07 Å².